The van der Waals surface area contributed by atoms with Gasteiger partial charge in [0.1, 0.15) is 5.75 Å². The molecule has 108 valence electrons. The van der Waals surface area contributed by atoms with Gasteiger partial charge in [-0.25, -0.2) is 0 Å². The van der Waals surface area contributed by atoms with Crippen molar-refractivity contribution in [3.8, 4) is 5.75 Å². The molecule has 1 aromatic rings. The Labute approximate surface area is 126 Å². The summed E-state index contributed by atoms with van der Waals surface area (Å²) in [4.78, 5) is 0. The van der Waals surface area contributed by atoms with Crippen molar-refractivity contribution in [2.75, 3.05) is 19.0 Å². The Hall–Kier alpha value is -1.55. The molecule has 0 aliphatic heterocycles. The van der Waals surface area contributed by atoms with Gasteiger partial charge in [-0.1, -0.05) is 17.7 Å². The van der Waals surface area contributed by atoms with E-state index in [9.17, 15) is 0 Å². The molecule has 0 atom stereocenters. The second kappa shape index (κ2) is 7.90. The molecule has 0 amide bonds. The van der Waals surface area contributed by atoms with Crippen LogP contribution in [0.25, 0.3) is 0 Å². The van der Waals surface area contributed by atoms with Crippen molar-refractivity contribution in [3.63, 3.8) is 0 Å². The molecule has 1 aliphatic carbocycles. The molecule has 0 radical (unpaired) electrons. The average molecular weight is 290 g/mol. The van der Waals surface area contributed by atoms with E-state index in [0.29, 0.717) is 5.11 Å². The minimum absolute atomic E-state index is 0.662. The van der Waals surface area contributed by atoms with Crippen LogP contribution in [-0.2, 0) is 0 Å². The molecule has 3 nitrogen and oxygen atoms in total. The number of rotatable bonds is 5. The maximum absolute atomic E-state index is 5.30. The Morgan fingerprint density at radius 3 is 3.00 bits per heavy atom. The fourth-order valence-corrected chi connectivity index (χ4v) is 2.56. The Balaban J connectivity index is 1.73. The number of hydrogen-bond donors (Lipinski definition) is 2. The summed E-state index contributed by atoms with van der Waals surface area (Å²) in [7, 11) is 1.66. The van der Waals surface area contributed by atoms with Gasteiger partial charge in [-0.3, -0.25) is 0 Å². The smallest absolute Gasteiger partial charge is 0.170 e. The quantitative estimate of drug-likeness (QED) is 0.637. The van der Waals surface area contributed by atoms with Crippen molar-refractivity contribution in [1.29, 1.82) is 0 Å². The van der Waals surface area contributed by atoms with Crippen molar-refractivity contribution in [1.82, 2.24) is 5.32 Å². The molecular weight excluding hydrogens is 268 g/mol. The summed E-state index contributed by atoms with van der Waals surface area (Å²) in [6, 6.07) is 7.76. The number of anilines is 1. The molecule has 0 unspecified atom stereocenters. The van der Waals surface area contributed by atoms with E-state index < -0.39 is 0 Å². The molecule has 0 saturated carbocycles. The molecule has 2 rings (SSSR count). The van der Waals surface area contributed by atoms with Gasteiger partial charge in [0.05, 0.1) is 7.11 Å². The normalized spacial score (nSPS) is 14.3. The predicted octanol–water partition coefficient (Wildman–Crippen LogP) is 3.87. The van der Waals surface area contributed by atoms with E-state index >= 15 is 0 Å². The number of ether oxygens (including phenoxy) is 1. The minimum atomic E-state index is 0.662. The topological polar surface area (TPSA) is 33.3 Å². The second-order valence-electron chi connectivity index (χ2n) is 4.97. The molecule has 0 aromatic heterocycles. The van der Waals surface area contributed by atoms with E-state index in [4.69, 9.17) is 17.0 Å². The lowest BCUT2D eigenvalue weighted by atomic mass is 9.97. The summed E-state index contributed by atoms with van der Waals surface area (Å²) >= 11 is 5.30. The van der Waals surface area contributed by atoms with Crippen LogP contribution in [0.4, 0.5) is 5.69 Å². The summed E-state index contributed by atoms with van der Waals surface area (Å²) < 4.78 is 5.19. The first-order chi connectivity index (χ1) is 9.78. The van der Waals surface area contributed by atoms with Gasteiger partial charge in [0, 0.05) is 18.3 Å². The maximum Gasteiger partial charge on any atom is 0.170 e. The number of hydrogen-bond acceptors (Lipinski definition) is 2. The van der Waals surface area contributed by atoms with Gasteiger partial charge in [-0.2, -0.15) is 0 Å². The molecule has 20 heavy (non-hydrogen) atoms. The van der Waals surface area contributed by atoms with Crippen LogP contribution in [-0.4, -0.2) is 18.8 Å². The van der Waals surface area contributed by atoms with Gasteiger partial charge in [-0.05, 0) is 56.5 Å². The molecule has 0 bridgehead atoms. The Bertz CT molecular complexity index is 485. The lowest BCUT2D eigenvalue weighted by Gasteiger charge is -2.14. The van der Waals surface area contributed by atoms with Gasteiger partial charge in [0.2, 0.25) is 0 Å². The van der Waals surface area contributed by atoms with Crippen LogP contribution in [0.5, 0.6) is 5.75 Å². The molecule has 0 fully saturated rings. The number of allylic oxidation sites excluding steroid dienone is 1. The van der Waals surface area contributed by atoms with Crippen molar-refractivity contribution in [2.24, 2.45) is 0 Å². The molecule has 2 N–H and O–H groups in total. The van der Waals surface area contributed by atoms with Gasteiger partial charge in [-0.15, -0.1) is 0 Å². The van der Waals surface area contributed by atoms with Gasteiger partial charge in [0.25, 0.3) is 0 Å². The first-order valence-corrected chi connectivity index (χ1v) is 7.55. The first-order valence-electron chi connectivity index (χ1n) is 7.15. The van der Waals surface area contributed by atoms with E-state index in [-0.39, 0.29) is 0 Å². The van der Waals surface area contributed by atoms with Crippen LogP contribution in [0.1, 0.15) is 32.1 Å². The van der Waals surface area contributed by atoms with Gasteiger partial charge >= 0.3 is 0 Å². The van der Waals surface area contributed by atoms with Gasteiger partial charge < -0.3 is 15.4 Å². The van der Waals surface area contributed by atoms with E-state index in [1.165, 1.54) is 25.7 Å². The third-order valence-corrected chi connectivity index (χ3v) is 3.69. The van der Waals surface area contributed by atoms with Crippen LogP contribution >= 0.6 is 12.2 Å². The SMILES string of the molecule is COc1cccc(NC(=S)NCCC2=CCCCC2)c1. The lowest BCUT2D eigenvalue weighted by Crippen LogP contribution is -2.29. The fourth-order valence-electron chi connectivity index (χ4n) is 2.34. The Morgan fingerprint density at radius 2 is 2.25 bits per heavy atom. The Kier molecular flexibility index (Phi) is 5.87. The molecule has 0 spiro atoms. The third-order valence-electron chi connectivity index (χ3n) is 3.44. The van der Waals surface area contributed by atoms with Crippen molar-refractivity contribution in [3.05, 3.63) is 35.9 Å². The highest BCUT2D eigenvalue weighted by Gasteiger charge is 2.04. The Morgan fingerprint density at radius 1 is 1.35 bits per heavy atom. The zero-order valence-electron chi connectivity index (χ0n) is 11.9. The summed E-state index contributed by atoms with van der Waals surface area (Å²) in [5.74, 6) is 0.824. The molecular formula is C16H22N2OS. The zero-order valence-corrected chi connectivity index (χ0v) is 12.8. The van der Waals surface area contributed by atoms with Crippen LogP contribution < -0.4 is 15.4 Å². The average Bonchev–Trinajstić information content (AvgIpc) is 2.48. The largest absolute Gasteiger partial charge is 0.497 e. The monoisotopic (exact) mass is 290 g/mol. The summed E-state index contributed by atoms with van der Waals surface area (Å²) in [5.41, 5.74) is 2.51. The van der Waals surface area contributed by atoms with Gasteiger partial charge in [0.15, 0.2) is 5.11 Å². The van der Waals surface area contributed by atoms with Crippen molar-refractivity contribution < 1.29 is 4.74 Å². The highest BCUT2D eigenvalue weighted by molar-refractivity contribution is 7.80. The van der Waals surface area contributed by atoms with Crippen molar-refractivity contribution >= 4 is 23.0 Å². The summed E-state index contributed by atoms with van der Waals surface area (Å²) in [6.45, 7) is 0.891. The number of benzene rings is 1. The zero-order chi connectivity index (χ0) is 14.2. The highest BCUT2D eigenvalue weighted by Crippen LogP contribution is 2.19. The number of methoxy groups -OCH3 is 1. The highest BCUT2D eigenvalue weighted by atomic mass is 32.1. The molecule has 0 heterocycles. The van der Waals surface area contributed by atoms with E-state index in [1.807, 2.05) is 24.3 Å². The van der Waals surface area contributed by atoms with E-state index in [0.717, 1.165) is 24.4 Å². The number of thiocarbonyl (C=S) groups is 1. The summed E-state index contributed by atoms with van der Waals surface area (Å²) in [5, 5.41) is 7.09. The van der Waals surface area contributed by atoms with Crippen LogP contribution in [0.3, 0.4) is 0 Å². The fraction of sp³-hybridized carbons (Fsp3) is 0.438. The van der Waals surface area contributed by atoms with Crippen LogP contribution in [0.2, 0.25) is 0 Å². The van der Waals surface area contributed by atoms with E-state index in [1.54, 1.807) is 12.7 Å². The molecule has 4 heteroatoms. The van der Waals surface area contributed by atoms with Crippen LogP contribution in [0, 0.1) is 0 Å². The molecule has 1 aromatic carbocycles. The maximum atomic E-state index is 5.30. The predicted molar refractivity (Wildman–Crippen MR) is 88.4 cm³/mol. The standard InChI is InChI=1S/C16H22N2OS/c1-19-15-9-5-8-14(12-15)18-16(20)17-11-10-13-6-3-2-4-7-13/h5-6,8-9,12H,2-4,7,10-11H2,1H3,(H2,17,18,20). The lowest BCUT2D eigenvalue weighted by molar-refractivity contribution is 0.415. The van der Waals surface area contributed by atoms with Crippen LogP contribution in [0.15, 0.2) is 35.9 Å². The minimum Gasteiger partial charge on any atom is -0.497 e. The summed E-state index contributed by atoms with van der Waals surface area (Å²) in [6.07, 6.45) is 8.62. The second-order valence-corrected chi connectivity index (χ2v) is 5.38. The third kappa shape index (κ3) is 4.85. The van der Waals surface area contributed by atoms with Crippen molar-refractivity contribution in [2.45, 2.75) is 32.1 Å². The molecule has 0 saturated heterocycles. The number of nitrogens with one attached hydrogen (secondary N) is 2. The first kappa shape index (κ1) is 14.9. The van der Waals surface area contributed by atoms with E-state index in [2.05, 4.69) is 16.7 Å². The molecule has 1 aliphatic rings.